The first-order chi connectivity index (χ1) is 10.7. The SMILES string of the molecule is CC(NC(=O)[C@@H](N)C(C)(C)C)c1ccc(OCC2CC2)c(F)c1. The summed E-state index contributed by atoms with van der Waals surface area (Å²) in [6.07, 6.45) is 2.33. The van der Waals surface area contributed by atoms with Crippen molar-refractivity contribution in [1.82, 2.24) is 5.32 Å². The summed E-state index contributed by atoms with van der Waals surface area (Å²) in [6, 6.07) is 3.88. The van der Waals surface area contributed by atoms with Crippen molar-refractivity contribution in [3.05, 3.63) is 29.6 Å². The van der Waals surface area contributed by atoms with E-state index in [0.29, 0.717) is 18.1 Å². The number of hydrogen-bond acceptors (Lipinski definition) is 3. The molecular formula is C18H27FN2O2. The summed E-state index contributed by atoms with van der Waals surface area (Å²) in [5.74, 6) is 0.209. The van der Waals surface area contributed by atoms with E-state index >= 15 is 0 Å². The van der Waals surface area contributed by atoms with Crippen molar-refractivity contribution in [2.24, 2.45) is 17.1 Å². The van der Waals surface area contributed by atoms with Gasteiger partial charge in [-0.15, -0.1) is 0 Å². The maximum absolute atomic E-state index is 14.1. The van der Waals surface area contributed by atoms with Crippen LogP contribution in [0.2, 0.25) is 0 Å². The van der Waals surface area contributed by atoms with Gasteiger partial charge in [0.25, 0.3) is 0 Å². The van der Waals surface area contributed by atoms with Gasteiger partial charge < -0.3 is 15.8 Å². The van der Waals surface area contributed by atoms with Crippen LogP contribution in [0.15, 0.2) is 18.2 Å². The van der Waals surface area contributed by atoms with Crippen molar-refractivity contribution >= 4 is 5.91 Å². The molecule has 0 bridgehead atoms. The van der Waals surface area contributed by atoms with Crippen LogP contribution in [-0.4, -0.2) is 18.6 Å². The maximum atomic E-state index is 14.1. The molecule has 1 aliphatic rings. The van der Waals surface area contributed by atoms with Gasteiger partial charge >= 0.3 is 0 Å². The standard InChI is InChI=1S/C18H27FN2O2/c1-11(21-17(22)16(20)18(2,3)4)13-7-8-15(14(19)9-13)23-10-12-5-6-12/h7-9,11-12,16H,5-6,10,20H2,1-4H3,(H,21,22)/t11?,16-/m1/s1. The molecule has 0 aliphatic heterocycles. The van der Waals surface area contributed by atoms with Crippen LogP contribution in [0.3, 0.4) is 0 Å². The van der Waals surface area contributed by atoms with Crippen LogP contribution < -0.4 is 15.8 Å². The van der Waals surface area contributed by atoms with Gasteiger partial charge in [0.15, 0.2) is 11.6 Å². The van der Waals surface area contributed by atoms with E-state index in [4.69, 9.17) is 10.5 Å². The van der Waals surface area contributed by atoms with Gasteiger partial charge in [-0.2, -0.15) is 0 Å². The van der Waals surface area contributed by atoms with E-state index in [1.807, 2.05) is 27.7 Å². The molecule has 0 radical (unpaired) electrons. The highest BCUT2D eigenvalue weighted by atomic mass is 19.1. The molecule has 1 aromatic rings. The number of nitrogens with one attached hydrogen (secondary N) is 1. The number of nitrogens with two attached hydrogens (primary N) is 1. The van der Waals surface area contributed by atoms with E-state index in [2.05, 4.69) is 5.32 Å². The zero-order valence-corrected chi connectivity index (χ0v) is 14.4. The molecule has 1 aliphatic carbocycles. The minimum Gasteiger partial charge on any atom is -0.490 e. The highest BCUT2D eigenvalue weighted by molar-refractivity contribution is 5.82. The van der Waals surface area contributed by atoms with Crippen molar-refractivity contribution in [2.45, 2.75) is 52.6 Å². The van der Waals surface area contributed by atoms with E-state index in [1.165, 1.54) is 6.07 Å². The molecule has 4 nitrogen and oxygen atoms in total. The van der Waals surface area contributed by atoms with Gasteiger partial charge in [-0.25, -0.2) is 4.39 Å². The van der Waals surface area contributed by atoms with Crippen LogP contribution in [0.25, 0.3) is 0 Å². The van der Waals surface area contributed by atoms with Crippen molar-refractivity contribution in [3.63, 3.8) is 0 Å². The van der Waals surface area contributed by atoms with E-state index in [-0.39, 0.29) is 23.1 Å². The van der Waals surface area contributed by atoms with E-state index in [0.717, 1.165) is 12.8 Å². The van der Waals surface area contributed by atoms with E-state index in [1.54, 1.807) is 12.1 Å². The summed E-state index contributed by atoms with van der Waals surface area (Å²) in [6.45, 7) is 8.12. The molecule has 0 heterocycles. The monoisotopic (exact) mass is 322 g/mol. The number of halogens is 1. The van der Waals surface area contributed by atoms with E-state index < -0.39 is 11.9 Å². The molecule has 2 rings (SSSR count). The third kappa shape index (κ3) is 4.93. The van der Waals surface area contributed by atoms with Gasteiger partial charge in [-0.05, 0) is 48.8 Å². The Balaban J connectivity index is 1.97. The summed E-state index contributed by atoms with van der Waals surface area (Å²) < 4.78 is 19.6. The molecule has 0 aromatic heterocycles. The highest BCUT2D eigenvalue weighted by Gasteiger charge is 2.28. The Hall–Kier alpha value is -1.62. The van der Waals surface area contributed by atoms with Crippen molar-refractivity contribution in [2.75, 3.05) is 6.61 Å². The first-order valence-electron chi connectivity index (χ1n) is 8.16. The van der Waals surface area contributed by atoms with Gasteiger partial charge in [0.05, 0.1) is 18.7 Å². The van der Waals surface area contributed by atoms with Crippen molar-refractivity contribution in [1.29, 1.82) is 0 Å². The topological polar surface area (TPSA) is 64.4 Å². The Morgan fingerprint density at radius 3 is 2.61 bits per heavy atom. The Bertz CT molecular complexity index is 565. The van der Waals surface area contributed by atoms with Crippen molar-refractivity contribution < 1.29 is 13.9 Å². The van der Waals surface area contributed by atoms with Gasteiger partial charge in [-0.3, -0.25) is 4.79 Å². The average molecular weight is 322 g/mol. The zero-order valence-electron chi connectivity index (χ0n) is 14.4. The molecule has 1 aromatic carbocycles. The third-order valence-electron chi connectivity index (χ3n) is 4.20. The summed E-state index contributed by atoms with van der Waals surface area (Å²) in [5.41, 5.74) is 6.31. The van der Waals surface area contributed by atoms with Crippen LogP contribution in [0, 0.1) is 17.2 Å². The van der Waals surface area contributed by atoms with Crippen LogP contribution in [0.5, 0.6) is 5.75 Å². The lowest BCUT2D eigenvalue weighted by molar-refractivity contribution is -0.125. The van der Waals surface area contributed by atoms with Crippen LogP contribution in [-0.2, 0) is 4.79 Å². The summed E-state index contributed by atoms with van der Waals surface area (Å²) in [7, 11) is 0. The Labute approximate surface area is 137 Å². The van der Waals surface area contributed by atoms with Gasteiger partial charge in [-0.1, -0.05) is 26.8 Å². The number of benzene rings is 1. The van der Waals surface area contributed by atoms with Crippen LogP contribution in [0.1, 0.15) is 52.1 Å². The number of ether oxygens (including phenoxy) is 1. The Morgan fingerprint density at radius 2 is 2.09 bits per heavy atom. The average Bonchev–Trinajstić information content (AvgIpc) is 3.28. The van der Waals surface area contributed by atoms with Crippen LogP contribution >= 0.6 is 0 Å². The smallest absolute Gasteiger partial charge is 0.237 e. The first-order valence-corrected chi connectivity index (χ1v) is 8.16. The molecule has 2 atom stereocenters. The minimum atomic E-state index is -0.615. The fraction of sp³-hybridized carbons (Fsp3) is 0.611. The van der Waals surface area contributed by atoms with Crippen LogP contribution in [0.4, 0.5) is 4.39 Å². The molecule has 1 unspecified atom stereocenters. The summed E-state index contributed by atoms with van der Waals surface area (Å²) in [4.78, 5) is 12.2. The summed E-state index contributed by atoms with van der Waals surface area (Å²) in [5, 5.41) is 2.84. The fourth-order valence-electron chi connectivity index (χ4n) is 2.18. The lowest BCUT2D eigenvalue weighted by Gasteiger charge is -2.27. The zero-order chi connectivity index (χ0) is 17.2. The van der Waals surface area contributed by atoms with Gasteiger partial charge in [0, 0.05) is 0 Å². The number of carbonyl (C=O) groups excluding carboxylic acids is 1. The first kappa shape index (κ1) is 17.7. The maximum Gasteiger partial charge on any atom is 0.237 e. The molecule has 128 valence electrons. The lowest BCUT2D eigenvalue weighted by atomic mass is 9.86. The predicted octanol–water partition coefficient (Wildman–Crippen LogP) is 3.17. The highest BCUT2D eigenvalue weighted by Crippen LogP contribution is 2.30. The summed E-state index contributed by atoms with van der Waals surface area (Å²) >= 11 is 0. The molecule has 23 heavy (non-hydrogen) atoms. The number of hydrogen-bond donors (Lipinski definition) is 2. The quantitative estimate of drug-likeness (QED) is 0.845. The largest absolute Gasteiger partial charge is 0.490 e. The third-order valence-corrected chi connectivity index (χ3v) is 4.20. The molecule has 1 fully saturated rings. The molecule has 1 saturated carbocycles. The predicted molar refractivity (Wildman–Crippen MR) is 88.6 cm³/mol. The molecule has 1 amide bonds. The number of carbonyl (C=O) groups is 1. The Morgan fingerprint density at radius 1 is 1.43 bits per heavy atom. The molecule has 0 spiro atoms. The van der Waals surface area contributed by atoms with Gasteiger partial charge in [0.1, 0.15) is 0 Å². The second kappa shape index (κ2) is 6.87. The normalized spacial score (nSPS) is 17.5. The molecular weight excluding hydrogens is 295 g/mol. The van der Waals surface area contributed by atoms with Crippen molar-refractivity contribution in [3.8, 4) is 5.75 Å². The number of amides is 1. The van der Waals surface area contributed by atoms with E-state index in [9.17, 15) is 9.18 Å². The molecule has 5 heteroatoms. The second-order valence-corrected chi connectivity index (χ2v) is 7.52. The lowest BCUT2D eigenvalue weighted by Crippen LogP contribution is -2.49. The number of rotatable bonds is 6. The molecule has 0 saturated heterocycles. The minimum absolute atomic E-state index is 0.237. The fourth-order valence-corrected chi connectivity index (χ4v) is 2.18. The molecule has 3 N–H and O–H groups in total. The second-order valence-electron chi connectivity index (χ2n) is 7.52. The van der Waals surface area contributed by atoms with Gasteiger partial charge in [0.2, 0.25) is 5.91 Å². The Kier molecular flexibility index (Phi) is 5.30.